The van der Waals surface area contributed by atoms with E-state index in [0.29, 0.717) is 0 Å². The molecule has 1 rings (SSSR count). The van der Waals surface area contributed by atoms with Crippen molar-refractivity contribution in [3.63, 3.8) is 0 Å². The summed E-state index contributed by atoms with van der Waals surface area (Å²) in [5, 5.41) is 0. The van der Waals surface area contributed by atoms with Gasteiger partial charge in [-0.05, 0) is 52.1 Å². The minimum atomic E-state index is -0.0299. The number of hydrazine groups is 1. The second-order valence-electron chi connectivity index (χ2n) is 5.32. The van der Waals surface area contributed by atoms with E-state index in [9.17, 15) is 0 Å². The first-order valence-electron chi connectivity index (χ1n) is 6.18. The van der Waals surface area contributed by atoms with Crippen molar-refractivity contribution < 1.29 is 4.74 Å². The van der Waals surface area contributed by atoms with E-state index >= 15 is 0 Å². The fraction of sp³-hybridized carbons (Fsp3) is 0.571. The summed E-state index contributed by atoms with van der Waals surface area (Å²) in [6.07, 6.45) is 0.860. The third-order valence-electron chi connectivity index (χ3n) is 3.78. The summed E-state index contributed by atoms with van der Waals surface area (Å²) in [5.41, 5.74) is 4.11. The van der Waals surface area contributed by atoms with E-state index < -0.39 is 0 Å². The van der Waals surface area contributed by atoms with Crippen molar-refractivity contribution in [1.82, 2.24) is 10.3 Å². The number of nitrogens with zero attached hydrogens (tertiary/aromatic N) is 1. The molecule has 0 amide bonds. The van der Waals surface area contributed by atoms with Crippen molar-refractivity contribution in [2.75, 3.05) is 21.2 Å². The molecule has 0 aliphatic rings. The lowest BCUT2D eigenvalue weighted by Gasteiger charge is -2.40. The van der Waals surface area contributed by atoms with Crippen LogP contribution in [0.4, 0.5) is 0 Å². The summed E-state index contributed by atoms with van der Waals surface area (Å²) >= 11 is 0. The molecule has 1 aromatic carbocycles. The molecular weight excluding hydrogens is 226 g/mol. The lowest BCUT2D eigenvalue weighted by molar-refractivity contribution is 0.137. The summed E-state index contributed by atoms with van der Waals surface area (Å²) in [5.74, 6) is 6.59. The molecule has 1 unspecified atom stereocenters. The van der Waals surface area contributed by atoms with Crippen LogP contribution in [0.15, 0.2) is 24.3 Å². The van der Waals surface area contributed by atoms with Gasteiger partial charge in [0.05, 0.1) is 7.11 Å². The Balaban J connectivity index is 2.85. The predicted molar refractivity (Wildman–Crippen MR) is 75.6 cm³/mol. The SMILES string of the molecule is COc1cccc(CC(NN)C(C)(C)N(C)C)c1. The van der Waals surface area contributed by atoms with Gasteiger partial charge in [0.2, 0.25) is 0 Å². The molecule has 3 N–H and O–H groups in total. The summed E-state index contributed by atoms with van der Waals surface area (Å²) in [6.45, 7) is 4.36. The molecule has 4 nitrogen and oxygen atoms in total. The van der Waals surface area contributed by atoms with E-state index in [1.54, 1.807) is 7.11 Å². The zero-order chi connectivity index (χ0) is 13.8. The van der Waals surface area contributed by atoms with Crippen molar-refractivity contribution in [1.29, 1.82) is 0 Å². The molecule has 0 fully saturated rings. The largest absolute Gasteiger partial charge is 0.497 e. The molecule has 0 saturated heterocycles. The molecule has 18 heavy (non-hydrogen) atoms. The molecule has 0 aromatic heterocycles. The standard InChI is InChI=1S/C14H25N3O/c1-14(2,17(3)4)13(16-15)10-11-7-6-8-12(9-11)18-5/h6-9,13,16H,10,15H2,1-5H3. The first-order valence-corrected chi connectivity index (χ1v) is 6.18. The van der Waals surface area contributed by atoms with Crippen molar-refractivity contribution in [3.05, 3.63) is 29.8 Å². The molecule has 102 valence electrons. The molecule has 0 aliphatic carbocycles. The van der Waals surface area contributed by atoms with Crippen LogP contribution in [0.1, 0.15) is 19.4 Å². The van der Waals surface area contributed by atoms with Gasteiger partial charge in [0.15, 0.2) is 0 Å². The van der Waals surface area contributed by atoms with Gasteiger partial charge in [-0.25, -0.2) is 0 Å². The molecule has 0 bridgehead atoms. The quantitative estimate of drug-likeness (QED) is 0.593. The van der Waals surface area contributed by atoms with Crippen molar-refractivity contribution in [2.24, 2.45) is 5.84 Å². The smallest absolute Gasteiger partial charge is 0.119 e. The maximum Gasteiger partial charge on any atom is 0.119 e. The van der Waals surface area contributed by atoms with Crippen LogP contribution in [0.25, 0.3) is 0 Å². The van der Waals surface area contributed by atoms with Gasteiger partial charge >= 0.3 is 0 Å². The first kappa shape index (κ1) is 15.0. The number of benzene rings is 1. The normalized spacial score (nSPS) is 13.7. The van der Waals surface area contributed by atoms with Crippen LogP contribution in [0, 0.1) is 0 Å². The Morgan fingerprint density at radius 2 is 2.06 bits per heavy atom. The van der Waals surface area contributed by atoms with Crippen molar-refractivity contribution in [2.45, 2.75) is 31.8 Å². The number of methoxy groups -OCH3 is 1. The lowest BCUT2D eigenvalue weighted by Crippen LogP contribution is -2.58. The van der Waals surface area contributed by atoms with Gasteiger partial charge in [-0.1, -0.05) is 12.1 Å². The minimum absolute atomic E-state index is 0.0299. The molecule has 0 radical (unpaired) electrons. The van der Waals surface area contributed by atoms with Crippen molar-refractivity contribution >= 4 is 0 Å². The van der Waals surface area contributed by atoms with E-state index in [-0.39, 0.29) is 11.6 Å². The molecule has 1 aromatic rings. The molecule has 4 heteroatoms. The molecule has 0 spiro atoms. The summed E-state index contributed by atoms with van der Waals surface area (Å²) in [7, 11) is 5.81. The van der Waals surface area contributed by atoms with Crippen LogP contribution in [0.2, 0.25) is 0 Å². The number of nitrogens with one attached hydrogen (secondary N) is 1. The first-order chi connectivity index (χ1) is 8.41. The van der Waals surface area contributed by atoms with Crippen LogP contribution in [0.3, 0.4) is 0 Å². The number of hydrogen-bond acceptors (Lipinski definition) is 4. The Hall–Kier alpha value is -1.10. The van der Waals surface area contributed by atoms with E-state index in [1.807, 2.05) is 12.1 Å². The van der Waals surface area contributed by atoms with E-state index in [4.69, 9.17) is 10.6 Å². The predicted octanol–water partition coefficient (Wildman–Crippen LogP) is 1.41. The van der Waals surface area contributed by atoms with Gasteiger partial charge < -0.3 is 9.64 Å². The average molecular weight is 251 g/mol. The molecular formula is C14H25N3O. The Bertz CT molecular complexity index is 377. The zero-order valence-corrected chi connectivity index (χ0v) is 12.0. The minimum Gasteiger partial charge on any atom is -0.497 e. The van der Waals surface area contributed by atoms with E-state index in [2.05, 4.69) is 50.4 Å². The summed E-state index contributed by atoms with van der Waals surface area (Å²) < 4.78 is 5.24. The number of likely N-dealkylation sites (N-methyl/N-ethyl adjacent to an activating group) is 1. The summed E-state index contributed by atoms with van der Waals surface area (Å²) in [4.78, 5) is 2.18. The third-order valence-corrected chi connectivity index (χ3v) is 3.78. The highest BCUT2D eigenvalue weighted by atomic mass is 16.5. The molecule has 0 heterocycles. The fourth-order valence-corrected chi connectivity index (χ4v) is 1.86. The lowest BCUT2D eigenvalue weighted by atomic mass is 9.88. The highest BCUT2D eigenvalue weighted by molar-refractivity contribution is 5.29. The monoisotopic (exact) mass is 251 g/mol. The van der Waals surface area contributed by atoms with Crippen LogP contribution in [-0.4, -0.2) is 37.7 Å². The van der Waals surface area contributed by atoms with E-state index in [1.165, 1.54) is 5.56 Å². The van der Waals surface area contributed by atoms with Crippen molar-refractivity contribution in [3.8, 4) is 5.75 Å². The number of nitrogens with two attached hydrogens (primary N) is 1. The summed E-state index contributed by atoms with van der Waals surface area (Å²) in [6, 6.07) is 8.27. The highest BCUT2D eigenvalue weighted by Crippen LogP contribution is 2.21. The van der Waals surface area contributed by atoms with Crippen LogP contribution >= 0.6 is 0 Å². The second-order valence-corrected chi connectivity index (χ2v) is 5.32. The molecule has 0 aliphatic heterocycles. The topological polar surface area (TPSA) is 50.5 Å². The average Bonchev–Trinajstić information content (AvgIpc) is 2.35. The molecule has 1 atom stereocenters. The van der Waals surface area contributed by atoms with Crippen LogP contribution in [0.5, 0.6) is 5.75 Å². The zero-order valence-electron chi connectivity index (χ0n) is 12.0. The Morgan fingerprint density at radius 1 is 1.39 bits per heavy atom. The second kappa shape index (κ2) is 6.18. The van der Waals surface area contributed by atoms with E-state index in [0.717, 1.165) is 12.2 Å². The number of hydrogen-bond donors (Lipinski definition) is 2. The van der Waals surface area contributed by atoms with Gasteiger partial charge in [-0.15, -0.1) is 0 Å². The Morgan fingerprint density at radius 3 is 2.56 bits per heavy atom. The van der Waals surface area contributed by atoms with Gasteiger partial charge in [0.1, 0.15) is 5.75 Å². The van der Waals surface area contributed by atoms with Gasteiger partial charge in [0.25, 0.3) is 0 Å². The van der Waals surface area contributed by atoms with Crippen LogP contribution in [-0.2, 0) is 6.42 Å². The van der Waals surface area contributed by atoms with Gasteiger partial charge in [-0.3, -0.25) is 11.3 Å². The number of rotatable bonds is 6. The maximum atomic E-state index is 5.71. The fourth-order valence-electron chi connectivity index (χ4n) is 1.86. The third kappa shape index (κ3) is 3.45. The Kier molecular flexibility index (Phi) is 5.14. The Labute approximate surface area is 110 Å². The van der Waals surface area contributed by atoms with Gasteiger partial charge in [0, 0.05) is 11.6 Å². The van der Waals surface area contributed by atoms with Crippen LogP contribution < -0.4 is 16.0 Å². The van der Waals surface area contributed by atoms with Gasteiger partial charge in [-0.2, -0.15) is 0 Å². The molecule has 0 saturated carbocycles. The highest BCUT2D eigenvalue weighted by Gasteiger charge is 2.30. The maximum absolute atomic E-state index is 5.71. The number of ether oxygens (including phenoxy) is 1.